The van der Waals surface area contributed by atoms with E-state index < -0.39 is 0 Å². The lowest BCUT2D eigenvalue weighted by atomic mass is 10.2. The van der Waals surface area contributed by atoms with Gasteiger partial charge in [-0.25, -0.2) is 0 Å². The Bertz CT molecular complexity index is 71.1. The van der Waals surface area contributed by atoms with Gasteiger partial charge < -0.3 is 10.1 Å². The topological polar surface area (TPSA) is 21.3 Å². The van der Waals surface area contributed by atoms with Crippen LogP contribution in [0, 0.1) is 0 Å². The summed E-state index contributed by atoms with van der Waals surface area (Å²) >= 11 is 0. The maximum atomic E-state index is 5.19. The number of nitrogens with one attached hydrogen (secondary N) is 1. The quantitative estimate of drug-likeness (QED) is 0.625. The molecule has 0 atom stereocenters. The molecule has 78 valence electrons. The maximum Gasteiger partial charge on any atom is 0.0466 e. The van der Waals surface area contributed by atoms with Crippen molar-refractivity contribution in [3.63, 3.8) is 0 Å². The monoisotopic (exact) mass is 185 g/mol. The summed E-state index contributed by atoms with van der Waals surface area (Å²) in [6, 6.07) is 0. The third kappa shape index (κ3) is 7.03. The van der Waals surface area contributed by atoms with Crippen LogP contribution in [-0.2, 0) is 4.74 Å². The normalized spacial score (nSPS) is 24.0. The molecule has 0 aromatic carbocycles. The van der Waals surface area contributed by atoms with E-state index in [0.29, 0.717) is 0 Å². The van der Waals surface area contributed by atoms with Gasteiger partial charge in [0.2, 0.25) is 0 Å². The summed E-state index contributed by atoms with van der Waals surface area (Å²) in [4.78, 5) is 0. The van der Waals surface area contributed by atoms with Crippen LogP contribution in [0.5, 0.6) is 0 Å². The molecule has 0 bridgehead atoms. The van der Waals surface area contributed by atoms with E-state index in [4.69, 9.17) is 4.74 Å². The molecule has 0 aliphatic carbocycles. The number of rotatable bonds is 0. The zero-order valence-corrected chi connectivity index (χ0v) is 8.69. The molecule has 0 aromatic heterocycles. The molecule has 2 rings (SSSR count). The molecule has 0 aromatic rings. The minimum atomic E-state index is 1.00. The predicted octanol–water partition coefficient (Wildman–Crippen LogP) is 2.34. The van der Waals surface area contributed by atoms with Gasteiger partial charge in [0.15, 0.2) is 0 Å². The van der Waals surface area contributed by atoms with Crippen LogP contribution in [0.3, 0.4) is 0 Å². The van der Waals surface area contributed by atoms with E-state index in [2.05, 4.69) is 5.32 Å². The fourth-order valence-electron chi connectivity index (χ4n) is 1.67. The van der Waals surface area contributed by atoms with Gasteiger partial charge in [0.25, 0.3) is 0 Å². The van der Waals surface area contributed by atoms with Gasteiger partial charge in [-0.15, -0.1) is 0 Å². The fourth-order valence-corrected chi connectivity index (χ4v) is 1.67. The number of piperidine rings is 1. The molecular weight excluding hydrogens is 162 g/mol. The highest BCUT2D eigenvalue weighted by Crippen LogP contribution is 2.04. The van der Waals surface area contributed by atoms with Crippen LogP contribution in [0.1, 0.15) is 44.9 Å². The third-order valence-corrected chi connectivity index (χ3v) is 2.53. The van der Waals surface area contributed by atoms with Gasteiger partial charge in [0, 0.05) is 13.2 Å². The average Bonchev–Trinajstić information content (AvgIpc) is 2.53. The molecule has 2 aliphatic heterocycles. The molecule has 2 nitrogen and oxygen atoms in total. The highest BCUT2D eigenvalue weighted by atomic mass is 16.5. The first kappa shape index (κ1) is 11.0. The number of hydrogen-bond acceptors (Lipinski definition) is 2. The van der Waals surface area contributed by atoms with E-state index in [-0.39, 0.29) is 0 Å². The standard InChI is InChI=1S/C6H12O.C5H11N/c1-2-4-6-7-5-3-1;1-2-4-6-5-3-1/h1-6H2;6H,1-5H2. The fraction of sp³-hybridized carbons (Fsp3) is 1.00. The summed E-state index contributed by atoms with van der Waals surface area (Å²) in [5.41, 5.74) is 0. The molecule has 0 unspecified atom stereocenters. The van der Waals surface area contributed by atoms with Crippen molar-refractivity contribution in [1.29, 1.82) is 0 Å². The summed E-state index contributed by atoms with van der Waals surface area (Å²) in [5.74, 6) is 0. The van der Waals surface area contributed by atoms with Gasteiger partial charge in [-0.05, 0) is 38.8 Å². The second-order valence-corrected chi connectivity index (χ2v) is 3.84. The Morgan fingerprint density at radius 2 is 1.15 bits per heavy atom. The summed E-state index contributed by atoms with van der Waals surface area (Å²) in [6.07, 6.45) is 9.52. The zero-order chi connectivity index (χ0) is 9.19. The maximum absolute atomic E-state index is 5.19. The molecule has 2 aliphatic rings. The van der Waals surface area contributed by atoms with Gasteiger partial charge in [0.05, 0.1) is 0 Å². The molecule has 2 heteroatoms. The highest BCUT2D eigenvalue weighted by Gasteiger charge is 1.95. The summed E-state index contributed by atoms with van der Waals surface area (Å²) in [5, 5.41) is 3.28. The SMILES string of the molecule is C1CCCOCC1.C1CCNCC1. The first-order valence-electron chi connectivity index (χ1n) is 5.78. The van der Waals surface area contributed by atoms with Crippen LogP contribution in [0.25, 0.3) is 0 Å². The van der Waals surface area contributed by atoms with Crippen molar-refractivity contribution in [3.8, 4) is 0 Å². The van der Waals surface area contributed by atoms with Gasteiger partial charge in [0.1, 0.15) is 0 Å². The molecule has 2 heterocycles. The molecular formula is C11H23NO. The second-order valence-electron chi connectivity index (χ2n) is 3.84. The molecule has 0 spiro atoms. The minimum absolute atomic E-state index is 1.00. The molecule has 13 heavy (non-hydrogen) atoms. The number of hydrogen-bond donors (Lipinski definition) is 1. The van der Waals surface area contributed by atoms with Gasteiger partial charge in [-0.3, -0.25) is 0 Å². The Morgan fingerprint density at radius 3 is 1.54 bits per heavy atom. The van der Waals surface area contributed by atoms with Crippen LogP contribution in [0.4, 0.5) is 0 Å². The van der Waals surface area contributed by atoms with Crippen molar-refractivity contribution in [2.75, 3.05) is 26.3 Å². The molecule has 2 fully saturated rings. The lowest BCUT2D eigenvalue weighted by Gasteiger charge is -2.08. The van der Waals surface area contributed by atoms with Gasteiger partial charge >= 0.3 is 0 Å². The summed E-state index contributed by atoms with van der Waals surface area (Å²) < 4.78 is 5.19. The Hall–Kier alpha value is -0.0800. The van der Waals surface area contributed by atoms with Crippen molar-refractivity contribution < 1.29 is 4.74 Å². The van der Waals surface area contributed by atoms with Gasteiger partial charge in [-0.2, -0.15) is 0 Å². The van der Waals surface area contributed by atoms with Crippen LogP contribution in [0.2, 0.25) is 0 Å². The van der Waals surface area contributed by atoms with Crippen LogP contribution < -0.4 is 5.32 Å². The van der Waals surface area contributed by atoms with Gasteiger partial charge in [-0.1, -0.05) is 19.3 Å². The predicted molar refractivity (Wildman–Crippen MR) is 56.0 cm³/mol. The van der Waals surface area contributed by atoms with E-state index in [0.717, 1.165) is 13.2 Å². The number of ether oxygens (including phenoxy) is 1. The molecule has 0 amide bonds. The van der Waals surface area contributed by atoms with Crippen molar-refractivity contribution >= 4 is 0 Å². The average molecular weight is 185 g/mol. The first-order valence-corrected chi connectivity index (χ1v) is 5.78. The Labute approximate surface area is 82.0 Å². The largest absolute Gasteiger partial charge is 0.381 e. The Morgan fingerprint density at radius 1 is 0.615 bits per heavy atom. The smallest absolute Gasteiger partial charge is 0.0466 e. The first-order chi connectivity index (χ1) is 6.50. The molecule has 0 radical (unpaired) electrons. The van der Waals surface area contributed by atoms with Crippen molar-refractivity contribution in [2.45, 2.75) is 44.9 Å². The summed E-state index contributed by atoms with van der Waals surface area (Å²) in [7, 11) is 0. The third-order valence-electron chi connectivity index (χ3n) is 2.53. The van der Waals surface area contributed by atoms with Crippen molar-refractivity contribution in [1.82, 2.24) is 5.32 Å². The summed E-state index contributed by atoms with van der Waals surface area (Å²) in [6.45, 7) is 4.50. The van der Waals surface area contributed by atoms with E-state index >= 15 is 0 Å². The van der Waals surface area contributed by atoms with E-state index in [9.17, 15) is 0 Å². The molecule has 2 saturated heterocycles. The molecule has 1 N–H and O–H groups in total. The second kappa shape index (κ2) is 8.52. The van der Waals surface area contributed by atoms with E-state index in [1.54, 1.807) is 0 Å². The molecule has 0 saturated carbocycles. The Kier molecular flexibility index (Phi) is 7.20. The minimum Gasteiger partial charge on any atom is -0.381 e. The zero-order valence-electron chi connectivity index (χ0n) is 8.69. The van der Waals surface area contributed by atoms with E-state index in [1.165, 1.54) is 58.0 Å². The van der Waals surface area contributed by atoms with Crippen LogP contribution >= 0.6 is 0 Å². The lowest BCUT2D eigenvalue weighted by Crippen LogP contribution is -2.21. The Balaban J connectivity index is 0.000000132. The lowest BCUT2D eigenvalue weighted by molar-refractivity contribution is 0.144. The van der Waals surface area contributed by atoms with E-state index in [1.807, 2.05) is 0 Å². The van der Waals surface area contributed by atoms with Crippen molar-refractivity contribution in [2.24, 2.45) is 0 Å². The van der Waals surface area contributed by atoms with Crippen molar-refractivity contribution in [3.05, 3.63) is 0 Å². The van der Waals surface area contributed by atoms with Crippen LogP contribution in [-0.4, -0.2) is 26.3 Å². The van der Waals surface area contributed by atoms with Crippen LogP contribution in [0.15, 0.2) is 0 Å². The highest BCUT2D eigenvalue weighted by molar-refractivity contribution is 4.55.